The monoisotopic (exact) mass is 279 g/mol. The largest absolute Gasteiger partial charge is 1.00 e. The van der Waals surface area contributed by atoms with Gasteiger partial charge in [0.05, 0.1) is 5.56 Å². The third-order valence-electron chi connectivity index (χ3n) is 2.75. The van der Waals surface area contributed by atoms with E-state index in [0.29, 0.717) is 13.1 Å². The average molecular weight is 279 g/mol. The van der Waals surface area contributed by atoms with Crippen LogP contribution in [-0.2, 0) is 11.1 Å². The molecular formula is C11H11FNNaO3S. The predicted molar refractivity (Wildman–Crippen MR) is 58.7 cm³/mol. The minimum Gasteiger partial charge on any atom is -0.768 e. The Morgan fingerprint density at radius 3 is 2.50 bits per heavy atom. The summed E-state index contributed by atoms with van der Waals surface area (Å²) < 4.78 is 35.0. The number of hydrogen-bond donors (Lipinski definition) is 0. The zero-order valence-corrected chi connectivity index (χ0v) is 12.8. The van der Waals surface area contributed by atoms with E-state index in [9.17, 15) is 17.9 Å². The number of likely N-dealkylation sites (tertiary alicyclic amines) is 1. The van der Waals surface area contributed by atoms with Crippen molar-refractivity contribution in [2.45, 2.75) is 17.7 Å². The molecule has 0 saturated carbocycles. The van der Waals surface area contributed by atoms with Crippen LogP contribution in [0, 0.1) is 5.82 Å². The van der Waals surface area contributed by atoms with Crippen LogP contribution in [0.2, 0.25) is 0 Å². The van der Waals surface area contributed by atoms with Crippen LogP contribution in [0.3, 0.4) is 0 Å². The van der Waals surface area contributed by atoms with Gasteiger partial charge in [0.15, 0.2) is 0 Å². The maximum atomic E-state index is 13.5. The smallest absolute Gasteiger partial charge is 0.768 e. The van der Waals surface area contributed by atoms with Gasteiger partial charge in [-0.25, -0.2) is 4.39 Å². The third-order valence-corrected chi connectivity index (χ3v) is 3.39. The second kappa shape index (κ2) is 6.77. The van der Waals surface area contributed by atoms with Crippen molar-refractivity contribution in [2.75, 3.05) is 13.1 Å². The Morgan fingerprint density at radius 1 is 1.33 bits per heavy atom. The first-order valence-corrected chi connectivity index (χ1v) is 6.35. The molecule has 0 aliphatic carbocycles. The van der Waals surface area contributed by atoms with E-state index < -0.39 is 22.8 Å². The van der Waals surface area contributed by atoms with E-state index in [1.54, 1.807) is 0 Å². The Hall–Kier alpha value is -0.270. The fourth-order valence-electron chi connectivity index (χ4n) is 1.86. The SMILES string of the molecule is O=C(c1cc(S(=O)[O-])ccc1F)N1CCCC1.[Na+]. The van der Waals surface area contributed by atoms with E-state index >= 15 is 0 Å². The molecule has 1 atom stereocenters. The van der Waals surface area contributed by atoms with E-state index in [1.807, 2.05) is 0 Å². The van der Waals surface area contributed by atoms with Crippen LogP contribution in [0.15, 0.2) is 23.1 Å². The molecule has 1 aromatic carbocycles. The second-order valence-electron chi connectivity index (χ2n) is 3.88. The van der Waals surface area contributed by atoms with Gasteiger partial charge >= 0.3 is 29.6 Å². The minimum absolute atomic E-state index is 0. The van der Waals surface area contributed by atoms with Crippen molar-refractivity contribution >= 4 is 17.0 Å². The molecule has 1 fully saturated rings. The molecule has 0 aromatic heterocycles. The molecule has 2 rings (SSSR count). The van der Waals surface area contributed by atoms with Crippen LogP contribution in [0.4, 0.5) is 4.39 Å². The summed E-state index contributed by atoms with van der Waals surface area (Å²) >= 11 is -2.45. The van der Waals surface area contributed by atoms with Crippen LogP contribution in [0.5, 0.6) is 0 Å². The number of nitrogens with zero attached hydrogens (tertiary/aromatic N) is 1. The molecule has 1 amide bonds. The van der Waals surface area contributed by atoms with Gasteiger partial charge in [0.2, 0.25) is 0 Å². The van der Waals surface area contributed by atoms with Crippen molar-refractivity contribution in [3.05, 3.63) is 29.6 Å². The Morgan fingerprint density at radius 2 is 1.94 bits per heavy atom. The summed E-state index contributed by atoms with van der Waals surface area (Å²) in [6, 6.07) is 3.23. The molecule has 1 aromatic rings. The van der Waals surface area contributed by atoms with Crippen molar-refractivity contribution in [1.29, 1.82) is 0 Å². The van der Waals surface area contributed by atoms with Crippen LogP contribution in [0.25, 0.3) is 0 Å². The molecule has 1 saturated heterocycles. The van der Waals surface area contributed by atoms with Gasteiger partial charge in [0.25, 0.3) is 5.91 Å². The van der Waals surface area contributed by atoms with Crippen LogP contribution in [0.1, 0.15) is 23.2 Å². The van der Waals surface area contributed by atoms with Gasteiger partial charge in [-0.15, -0.1) is 0 Å². The van der Waals surface area contributed by atoms with Crippen LogP contribution >= 0.6 is 0 Å². The van der Waals surface area contributed by atoms with Crippen LogP contribution < -0.4 is 29.6 Å². The molecule has 4 nitrogen and oxygen atoms in total. The van der Waals surface area contributed by atoms with Crippen molar-refractivity contribution in [1.82, 2.24) is 4.90 Å². The maximum absolute atomic E-state index is 13.5. The molecule has 0 N–H and O–H groups in total. The molecule has 1 heterocycles. The standard InChI is InChI=1S/C11H12FNO3S.Na/c12-10-4-3-8(17(15)16)7-9(10)11(14)13-5-1-2-6-13;/h3-4,7H,1-2,5-6H2,(H,15,16);/q;+1/p-1. The summed E-state index contributed by atoms with van der Waals surface area (Å²) in [6.45, 7) is 1.20. The summed E-state index contributed by atoms with van der Waals surface area (Å²) in [5.41, 5.74) is -0.173. The van der Waals surface area contributed by atoms with Gasteiger partial charge < -0.3 is 9.45 Å². The average Bonchev–Trinajstić information content (AvgIpc) is 2.81. The Labute approximate surface area is 129 Å². The molecule has 92 valence electrons. The molecule has 0 radical (unpaired) electrons. The van der Waals surface area contributed by atoms with E-state index in [2.05, 4.69) is 0 Å². The number of hydrogen-bond acceptors (Lipinski definition) is 3. The summed E-state index contributed by atoms with van der Waals surface area (Å²) in [5, 5.41) is 0. The Kier molecular flexibility index (Phi) is 5.94. The van der Waals surface area contributed by atoms with Gasteiger partial charge in [0.1, 0.15) is 5.82 Å². The molecule has 7 heteroatoms. The first kappa shape index (κ1) is 15.8. The van der Waals surface area contributed by atoms with Crippen LogP contribution in [-0.4, -0.2) is 32.7 Å². The summed E-state index contributed by atoms with van der Waals surface area (Å²) in [5.74, 6) is -1.12. The van der Waals surface area contributed by atoms with E-state index in [0.717, 1.165) is 31.0 Å². The second-order valence-corrected chi connectivity index (χ2v) is 4.82. The molecule has 0 bridgehead atoms. The number of benzene rings is 1. The summed E-state index contributed by atoms with van der Waals surface area (Å²) in [6.07, 6.45) is 1.81. The predicted octanol–water partition coefficient (Wildman–Crippen LogP) is -1.70. The zero-order valence-electron chi connectivity index (χ0n) is 10.0. The van der Waals surface area contributed by atoms with Gasteiger partial charge in [-0.2, -0.15) is 0 Å². The zero-order chi connectivity index (χ0) is 12.4. The summed E-state index contributed by atoms with van der Waals surface area (Å²) in [7, 11) is 0. The number of carbonyl (C=O) groups excluding carboxylic acids is 1. The first-order chi connectivity index (χ1) is 8.09. The molecule has 0 spiro atoms. The van der Waals surface area contributed by atoms with Gasteiger partial charge in [0, 0.05) is 18.0 Å². The van der Waals surface area contributed by atoms with Crippen molar-refractivity contribution in [3.63, 3.8) is 0 Å². The maximum Gasteiger partial charge on any atom is 1.00 e. The van der Waals surface area contributed by atoms with E-state index in [1.165, 1.54) is 4.90 Å². The van der Waals surface area contributed by atoms with Crippen molar-refractivity contribution in [2.24, 2.45) is 0 Å². The topological polar surface area (TPSA) is 60.4 Å². The Bertz CT molecular complexity index is 477. The normalized spacial score (nSPS) is 16.2. The third kappa shape index (κ3) is 3.39. The Balaban J connectivity index is 0.00000162. The summed E-state index contributed by atoms with van der Waals surface area (Å²) in [4.78, 5) is 13.4. The number of carbonyl (C=O) groups is 1. The number of halogens is 1. The number of amides is 1. The van der Waals surface area contributed by atoms with Gasteiger partial charge in [-0.3, -0.25) is 9.00 Å². The van der Waals surface area contributed by atoms with Gasteiger partial charge in [-0.05, 0) is 42.1 Å². The fourth-order valence-corrected chi connectivity index (χ4v) is 2.26. The molecule has 1 aliphatic heterocycles. The molecule has 1 aliphatic rings. The fraction of sp³-hybridized carbons (Fsp3) is 0.364. The van der Waals surface area contributed by atoms with Crippen molar-refractivity contribution < 1.29 is 47.5 Å². The van der Waals surface area contributed by atoms with E-state index in [-0.39, 0.29) is 40.0 Å². The first-order valence-electron chi connectivity index (χ1n) is 5.27. The van der Waals surface area contributed by atoms with Gasteiger partial charge in [-0.1, -0.05) is 0 Å². The van der Waals surface area contributed by atoms with E-state index in [4.69, 9.17) is 0 Å². The molecule has 18 heavy (non-hydrogen) atoms. The minimum atomic E-state index is -2.45. The molecule has 1 unspecified atom stereocenters. The van der Waals surface area contributed by atoms with Crippen molar-refractivity contribution in [3.8, 4) is 0 Å². The molecular weight excluding hydrogens is 268 g/mol. The number of rotatable bonds is 2. The quantitative estimate of drug-likeness (QED) is 0.479.